The van der Waals surface area contributed by atoms with Crippen LogP contribution in [-0.4, -0.2) is 22.6 Å². The molecule has 266 valence electrons. The van der Waals surface area contributed by atoms with Gasteiger partial charge in [-0.25, -0.2) is 0 Å². The average Bonchev–Trinajstić information content (AvgIpc) is 3.03. The molecule has 0 radical (unpaired) electrons. The van der Waals surface area contributed by atoms with E-state index in [2.05, 4.69) is 105 Å². The van der Waals surface area contributed by atoms with E-state index >= 15 is 0 Å². The number of aromatic hydroxyl groups is 2. The van der Waals surface area contributed by atoms with Crippen LogP contribution in [0.4, 0.5) is 11.4 Å². The van der Waals surface area contributed by atoms with Gasteiger partial charge in [-0.2, -0.15) is 0 Å². The van der Waals surface area contributed by atoms with Crippen LogP contribution in [0, 0.1) is 62.3 Å². The van der Waals surface area contributed by atoms with Crippen LogP contribution in [0.15, 0.2) is 101 Å². The third kappa shape index (κ3) is 8.03. The first kappa shape index (κ1) is 38.2. The van der Waals surface area contributed by atoms with Crippen molar-refractivity contribution < 1.29 is 31.3 Å². The maximum Gasteiger partial charge on any atom is 0.124 e. The second-order valence-corrected chi connectivity index (χ2v) is 14.1. The second kappa shape index (κ2) is 15.7. The first-order chi connectivity index (χ1) is 24.3. The fourth-order valence-electron chi connectivity index (χ4n) is 7.69. The minimum Gasteiger partial charge on any atom is -0.507 e. The Morgan fingerprint density at radius 3 is 1.04 bits per heavy atom. The zero-order valence-electron chi connectivity index (χ0n) is 31.4. The summed E-state index contributed by atoms with van der Waals surface area (Å²) in [5, 5.41) is 22.3. The van der Waals surface area contributed by atoms with Crippen molar-refractivity contribution in [3.63, 3.8) is 0 Å². The SMILES string of the molecule is Cc1cc(C)c(-c2ccc(C=Nc3ccc(-c4c(C)cc(C)cc4C)cc3N=Cc3ccc(-c4c(C)cc(C)cc4C)cc3O)c(O)c2)c(C)c1.[Pt]. The zero-order chi connectivity index (χ0) is 36.6. The second-order valence-electron chi connectivity index (χ2n) is 14.1. The van der Waals surface area contributed by atoms with Gasteiger partial charge >= 0.3 is 0 Å². The zero-order valence-corrected chi connectivity index (χ0v) is 33.7. The van der Waals surface area contributed by atoms with Crippen LogP contribution in [-0.2, 0) is 21.1 Å². The number of nitrogens with zero attached hydrogens (tertiary/aromatic N) is 2. The van der Waals surface area contributed by atoms with E-state index in [4.69, 9.17) is 9.98 Å². The summed E-state index contributed by atoms with van der Waals surface area (Å²) < 4.78 is 0. The van der Waals surface area contributed by atoms with E-state index in [0.29, 0.717) is 22.5 Å². The van der Waals surface area contributed by atoms with Gasteiger partial charge in [0.1, 0.15) is 11.5 Å². The van der Waals surface area contributed by atoms with Crippen LogP contribution >= 0.6 is 0 Å². The molecular formula is C47H46N2O2Pt. The van der Waals surface area contributed by atoms with Crippen molar-refractivity contribution in [2.75, 3.05) is 0 Å². The Hall–Kier alpha value is -5.05. The molecule has 6 rings (SSSR count). The molecular weight excluding hydrogens is 820 g/mol. The normalized spacial score (nSPS) is 11.4. The van der Waals surface area contributed by atoms with E-state index in [1.165, 1.54) is 55.6 Å². The van der Waals surface area contributed by atoms with E-state index in [1.807, 2.05) is 48.5 Å². The van der Waals surface area contributed by atoms with Crippen molar-refractivity contribution in [1.29, 1.82) is 0 Å². The number of phenols is 2. The van der Waals surface area contributed by atoms with Gasteiger partial charge in [-0.1, -0.05) is 71.3 Å². The molecule has 0 bridgehead atoms. The molecule has 0 saturated carbocycles. The molecule has 4 nitrogen and oxygen atoms in total. The third-order valence-corrected chi connectivity index (χ3v) is 9.62. The van der Waals surface area contributed by atoms with Crippen LogP contribution in [0.1, 0.15) is 61.2 Å². The maximum absolute atomic E-state index is 11.2. The van der Waals surface area contributed by atoms with E-state index in [0.717, 1.165) is 27.8 Å². The molecule has 0 unspecified atom stereocenters. The smallest absolute Gasteiger partial charge is 0.124 e. The van der Waals surface area contributed by atoms with Gasteiger partial charge in [0.2, 0.25) is 0 Å². The summed E-state index contributed by atoms with van der Waals surface area (Å²) in [5.41, 5.74) is 19.7. The minimum absolute atomic E-state index is 0. The van der Waals surface area contributed by atoms with Crippen LogP contribution in [0.2, 0.25) is 0 Å². The van der Waals surface area contributed by atoms with Gasteiger partial charge in [0.15, 0.2) is 0 Å². The van der Waals surface area contributed by atoms with Gasteiger partial charge in [0.25, 0.3) is 0 Å². The molecule has 5 heteroatoms. The summed E-state index contributed by atoms with van der Waals surface area (Å²) in [6, 6.07) is 30.6. The average molecular weight is 866 g/mol. The summed E-state index contributed by atoms with van der Waals surface area (Å²) in [5.74, 6) is 0.318. The quantitative estimate of drug-likeness (QED) is 0.157. The predicted molar refractivity (Wildman–Crippen MR) is 216 cm³/mol. The molecule has 0 atom stereocenters. The molecule has 0 saturated heterocycles. The van der Waals surface area contributed by atoms with Gasteiger partial charge < -0.3 is 10.2 Å². The standard InChI is InChI=1S/C47H46N2O2.Pt/c1-27-16-30(4)45(31(5)17-27)36-14-15-41(48-25-39-12-10-37(23-43(39)50)46-32(6)18-28(2)19-33(46)7)42(22-36)49-26-40-13-11-38(24-44(40)51)47-34(8)20-29(3)21-35(47)9;/h10-26,50-51H,1-9H3;. The molecule has 0 aliphatic rings. The molecule has 0 aliphatic carbocycles. The molecule has 0 heterocycles. The summed E-state index contributed by atoms with van der Waals surface area (Å²) in [4.78, 5) is 9.74. The molecule has 52 heavy (non-hydrogen) atoms. The summed E-state index contributed by atoms with van der Waals surface area (Å²) in [7, 11) is 0. The maximum atomic E-state index is 11.2. The summed E-state index contributed by atoms with van der Waals surface area (Å²) in [6.45, 7) is 19.0. The van der Waals surface area contributed by atoms with Gasteiger partial charge in [0.05, 0.1) is 11.4 Å². The van der Waals surface area contributed by atoms with Crippen molar-refractivity contribution in [3.8, 4) is 44.9 Å². The molecule has 6 aromatic carbocycles. The molecule has 0 fully saturated rings. The van der Waals surface area contributed by atoms with Gasteiger partial charge in [-0.15, -0.1) is 0 Å². The summed E-state index contributed by atoms with van der Waals surface area (Å²) >= 11 is 0. The predicted octanol–water partition coefficient (Wildman–Crippen LogP) is 12.4. The van der Waals surface area contributed by atoms with Crippen molar-refractivity contribution in [2.45, 2.75) is 62.3 Å². The largest absolute Gasteiger partial charge is 0.507 e. The van der Waals surface area contributed by atoms with Crippen LogP contribution in [0.25, 0.3) is 33.4 Å². The molecule has 0 aromatic heterocycles. The van der Waals surface area contributed by atoms with Crippen molar-refractivity contribution in [3.05, 3.63) is 152 Å². The number of aliphatic imine (C=N–C) groups is 2. The minimum atomic E-state index is 0. The molecule has 6 aromatic rings. The number of phenolic OH excluding ortho intramolecular Hbond substituents is 2. The van der Waals surface area contributed by atoms with Crippen LogP contribution in [0.5, 0.6) is 11.5 Å². The Kier molecular flexibility index (Phi) is 11.5. The first-order valence-corrected chi connectivity index (χ1v) is 17.4. The fraction of sp³-hybridized carbons (Fsp3) is 0.191. The van der Waals surface area contributed by atoms with Crippen molar-refractivity contribution >= 4 is 23.8 Å². The monoisotopic (exact) mass is 865 g/mol. The van der Waals surface area contributed by atoms with Crippen LogP contribution in [0.3, 0.4) is 0 Å². The Bertz CT molecular complexity index is 2320. The Morgan fingerprint density at radius 1 is 0.385 bits per heavy atom. The van der Waals surface area contributed by atoms with Gasteiger partial charge in [-0.05, 0) is 165 Å². The van der Waals surface area contributed by atoms with Gasteiger partial charge in [-0.3, -0.25) is 9.98 Å². The molecule has 0 amide bonds. The number of hydrogen-bond donors (Lipinski definition) is 2. The number of rotatable bonds is 7. The molecule has 0 spiro atoms. The van der Waals surface area contributed by atoms with Crippen LogP contribution < -0.4 is 0 Å². The van der Waals surface area contributed by atoms with Gasteiger partial charge in [0, 0.05) is 44.6 Å². The molecule has 2 N–H and O–H groups in total. The Balaban J connectivity index is 0.00000523. The van der Waals surface area contributed by atoms with E-state index in [9.17, 15) is 10.2 Å². The van der Waals surface area contributed by atoms with E-state index < -0.39 is 0 Å². The van der Waals surface area contributed by atoms with E-state index in [-0.39, 0.29) is 32.6 Å². The number of hydrogen-bond acceptors (Lipinski definition) is 4. The number of aryl methyl sites for hydroxylation is 9. The summed E-state index contributed by atoms with van der Waals surface area (Å²) in [6.07, 6.45) is 3.38. The van der Waals surface area contributed by atoms with Crippen molar-refractivity contribution in [2.24, 2.45) is 9.98 Å². The van der Waals surface area contributed by atoms with E-state index in [1.54, 1.807) is 12.4 Å². The third-order valence-electron chi connectivity index (χ3n) is 9.62. The topological polar surface area (TPSA) is 65.2 Å². The fourth-order valence-corrected chi connectivity index (χ4v) is 7.69. The first-order valence-electron chi connectivity index (χ1n) is 17.4. The molecule has 0 aliphatic heterocycles. The van der Waals surface area contributed by atoms with Crippen molar-refractivity contribution in [1.82, 2.24) is 0 Å². The Labute approximate surface area is 322 Å². The number of benzene rings is 6. The Morgan fingerprint density at radius 2 is 0.692 bits per heavy atom.